The van der Waals surface area contributed by atoms with Gasteiger partial charge in [0.1, 0.15) is 5.82 Å². The molecule has 18 heavy (non-hydrogen) atoms. The van der Waals surface area contributed by atoms with Crippen LogP contribution >= 0.6 is 11.6 Å². The molecule has 0 radical (unpaired) electrons. The van der Waals surface area contributed by atoms with Gasteiger partial charge in [0, 0.05) is 18.3 Å². The molecular weight excluding hydrogens is 248 g/mol. The number of hydrogen-bond donors (Lipinski definition) is 1. The lowest BCUT2D eigenvalue weighted by molar-refractivity contribution is 0.107. The zero-order valence-electron chi connectivity index (χ0n) is 10.2. The van der Waals surface area contributed by atoms with E-state index in [-0.39, 0.29) is 0 Å². The van der Waals surface area contributed by atoms with Crippen molar-refractivity contribution in [2.45, 2.75) is 13.2 Å². The Balaban J connectivity index is 1.84. The fourth-order valence-electron chi connectivity index (χ4n) is 1.57. The average Bonchev–Trinajstić information content (AvgIpc) is 2.40. The van der Waals surface area contributed by atoms with Crippen molar-refractivity contribution in [2.75, 3.05) is 12.4 Å². The van der Waals surface area contributed by atoms with Gasteiger partial charge in [-0.3, -0.25) is 0 Å². The molecule has 4 heteroatoms. The third-order valence-corrected chi connectivity index (χ3v) is 2.74. The monoisotopic (exact) mass is 262 g/mol. The molecular formula is C14H15ClN2O. The van der Waals surface area contributed by atoms with Crippen LogP contribution in [0.3, 0.4) is 0 Å². The van der Waals surface area contributed by atoms with Crippen LogP contribution in [-0.2, 0) is 18.0 Å². The second-order valence-electron chi connectivity index (χ2n) is 3.92. The second-order valence-corrected chi connectivity index (χ2v) is 4.36. The van der Waals surface area contributed by atoms with E-state index in [4.69, 9.17) is 16.3 Å². The highest BCUT2D eigenvalue weighted by Gasteiger charge is 1.97. The van der Waals surface area contributed by atoms with E-state index in [2.05, 4.69) is 10.3 Å². The smallest absolute Gasteiger partial charge is 0.125 e. The van der Waals surface area contributed by atoms with Crippen LogP contribution in [0.15, 0.2) is 42.6 Å². The van der Waals surface area contributed by atoms with E-state index in [1.54, 1.807) is 0 Å². The fraction of sp³-hybridized carbons (Fsp3) is 0.214. The maximum atomic E-state index is 5.90. The third kappa shape index (κ3) is 3.72. The summed E-state index contributed by atoms with van der Waals surface area (Å²) in [5.41, 5.74) is 2.12. The normalized spacial score (nSPS) is 10.3. The van der Waals surface area contributed by atoms with Gasteiger partial charge in [-0.05, 0) is 29.3 Å². The van der Waals surface area contributed by atoms with Gasteiger partial charge >= 0.3 is 0 Å². The number of aromatic nitrogens is 1. The van der Waals surface area contributed by atoms with Gasteiger partial charge in [-0.25, -0.2) is 4.98 Å². The number of nitrogens with zero attached hydrogens (tertiary/aromatic N) is 1. The summed E-state index contributed by atoms with van der Waals surface area (Å²) < 4.78 is 5.62. The zero-order valence-corrected chi connectivity index (χ0v) is 10.9. The van der Waals surface area contributed by atoms with E-state index >= 15 is 0 Å². The predicted octanol–water partition coefficient (Wildman–Crippen LogP) is 3.49. The van der Waals surface area contributed by atoms with E-state index in [0.29, 0.717) is 13.2 Å². The molecule has 0 aliphatic heterocycles. The zero-order chi connectivity index (χ0) is 12.8. The topological polar surface area (TPSA) is 34.1 Å². The highest BCUT2D eigenvalue weighted by molar-refractivity contribution is 6.30. The number of anilines is 1. The van der Waals surface area contributed by atoms with Gasteiger partial charge in [-0.15, -0.1) is 0 Å². The van der Waals surface area contributed by atoms with E-state index in [1.807, 2.05) is 49.6 Å². The van der Waals surface area contributed by atoms with Gasteiger partial charge < -0.3 is 10.1 Å². The quantitative estimate of drug-likeness (QED) is 0.896. The molecule has 0 saturated carbocycles. The first-order valence-corrected chi connectivity index (χ1v) is 6.10. The van der Waals surface area contributed by atoms with Gasteiger partial charge in [0.2, 0.25) is 0 Å². The molecule has 2 aromatic rings. The van der Waals surface area contributed by atoms with Gasteiger partial charge in [-0.2, -0.15) is 0 Å². The first-order valence-electron chi connectivity index (χ1n) is 5.73. The fourth-order valence-corrected chi connectivity index (χ4v) is 1.78. The summed E-state index contributed by atoms with van der Waals surface area (Å²) in [6.45, 7) is 1.10. The minimum absolute atomic E-state index is 0.545. The molecule has 1 aromatic carbocycles. The van der Waals surface area contributed by atoms with Crippen molar-refractivity contribution >= 4 is 17.4 Å². The summed E-state index contributed by atoms with van der Waals surface area (Å²) in [6.07, 6.45) is 1.81. The molecule has 0 aliphatic carbocycles. The molecule has 0 bridgehead atoms. The maximum absolute atomic E-state index is 5.90. The molecule has 0 saturated heterocycles. The second kappa shape index (κ2) is 6.38. The Bertz CT molecular complexity index is 499. The number of ether oxygens (including phenoxy) is 1. The lowest BCUT2D eigenvalue weighted by Crippen LogP contribution is -1.96. The lowest BCUT2D eigenvalue weighted by Gasteiger charge is -2.05. The van der Waals surface area contributed by atoms with Crippen LogP contribution in [0, 0.1) is 0 Å². The van der Waals surface area contributed by atoms with E-state index in [9.17, 15) is 0 Å². The summed E-state index contributed by atoms with van der Waals surface area (Å²) in [4.78, 5) is 4.22. The van der Waals surface area contributed by atoms with Crippen molar-refractivity contribution in [2.24, 2.45) is 0 Å². The summed E-state index contributed by atoms with van der Waals surface area (Å²) in [5.74, 6) is 0.855. The van der Waals surface area contributed by atoms with Crippen LogP contribution in [0.1, 0.15) is 11.1 Å². The van der Waals surface area contributed by atoms with Crippen LogP contribution in [0.5, 0.6) is 0 Å². The van der Waals surface area contributed by atoms with Crippen LogP contribution in [-0.4, -0.2) is 12.0 Å². The predicted molar refractivity (Wildman–Crippen MR) is 73.7 cm³/mol. The molecule has 0 fully saturated rings. The minimum Gasteiger partial charge on any atom is -0.373 e. The number of halogens is 1. The Hall–Kier alpha value is -1.58. The number of nitrogens with one attached hydrogen (secondary N) is 1. The minimum atomic E-state index is 0.545. The van der Waals surface area contributed by atoms with E-state index in [0.717, 1.165) is 22.0 Å². The summed E-state index contributed by atoms with van der Waals surface area (Å²) in [6, 6.07) is 11.6. The van der Waals surface area contributed by atoms with E-state index < -0.39 is 0 Å². The van der Waals surface area contributed by atoms with Gasteiger partial charge in [-0.1, -0.05) is 29.8 Å². The molecule has 1 heterocycles. The van der Waals surface area contributed by atoms with Gasteiger partial charge in [0.25, 0.3) is 0 Å². The Labute approximate surface area is 112 Å². The highest BCUT2D eigenvalue weighted by atomic mass is 35.5. The lowest BCUT2D eigenvalue weighted by atomic mass is 10.2. The molecule has 1 aromatic heterocycles. The Morgan fingerprint density at radius 3 is 2.67 bits per heavy atom. The van der Waals surface area contributed by atoms with Crippen molar-refractivity contribution in [1.82, 2.24) is 4.98 Å². The molecule has 0 spiro atoms. The molecule has 3 nitrogen and oxygen atoms in total. The molecule has 0 atom stereocenters. The summed E-state index contributed by atoms with van der Waals surface area (Å²) >= 11 is 5.90. The maximum Gasteiger partial charge on any atom is 0.125 e. The third-order valence-electron chi connectivity index (χ3n) is 2.51. The molecule has 94 valence electrons. The highest BCUT2D eigenvalue weighted by Crippen LogP contribution is 2.12. The molecule has 0 unspecified atom stereocenters. The van der Waals surface area contributed by atoms with Crippen molar-refractivity contribution in [3.8, 4) is 0 Å². The number of rotatable bonds is 5. The first kappa shape index (κ1) is 12.9. The number of pyridine rings is 1. The van der Waals surface area contributed by atoms with Crippen LogP contribution in [0.4, 0.5) is 5.82 Å². The standard InChI is InChI=1S/C14H15ClN2O/c1-16-14-6-5-12(8-17-14)10-18-9-11-3-2-4-13(15)7-11/h2-8H,9-10H2,1H3,(H,16,17). The van der Waals surface area contributed by atoms with Crippen molar-refractivity contribution < 1.29 is 4.74 Å². The number of benzene rings is 1. The van der Waals surface area contributed by atoms with Gasteiger partial charge in [0.15, 0.2) is 0 Å². The van der Waals surface area contributed by atoms with Crippen LogP contribution in [0.25, 0.3) is 0 Å². The van der Waals surface area contributed by atoms with Crippen molar-refractivity contribution in [3.63, 3.8) is 0 Å². The number of hydrogen-bond acceptors (Lipinski definition) is 3. The first-order chi connectivity index (χ1) is 8.78. The Kier molecular flexibility index (Phi) is 4.56. The molecule has 0 amide bonds. The van der Waals surface area contributed by atoms with Gasteiger partial charge in [0.05, 0.1) is 13.2 Å². The molecule has 2 rings (SSSR count). The SMILES string of the molecule is CNc1ccc(COCc2cccc(Cl)c2)cn1. The van der Waals surface area contributed by atoms with Crippen molar-refractivity contribution in [1.29, 1.82) is 0 Å². The summed E-state index contributed by atoms with van der Waals surface area (Å²) in [7, 11) is 1.84. The Morgan fingerprint density at radius 1 is 1.17 bits per heavy atom. The van der Waals surface area contributed by atoms with Crippen molar-refractivity contribution in [3.05, 3.63) is 58.7 Å². The largest absolute Gasteiger partial charge is 0.373 e. The molecule has 0 aliphatic rings. The average molecular weight is 263 g/mol. The Morgan fingerprint density at radius 2 is 2.00 bits per heavy atom. The molecule has 1 N–H and O–H groups in total. The summed E-state index contributed by atoms with van der Waals surface area (Å²) in [5, 5.41) is 3.71. The van der Waals surface area contributed by atoms with E-state index in [1.165, 1.54) is 0 Å². The van der Waals surface area contributed by atoms with Crippen LogP contribution in [0.2, 0.25) is 5.02 Å². The van der Waals surface area contributed by atoms with Crippen LogP contribution < -0.4 is 5.32 Å².